The summed E-state index contributed by atoms with van der Waals surface area (Å²) in [5.74, 6) is 2.70. The van der Waals surface area contributed by atoms with Crippen LogP contribution in [0.2, 0.25) is 0 Å². The van der Waals surface area contributed by atoms with Crippen LogP contribution in [0.5, 0.6) is 0 Å². The van der Waals surface area contributed by atoms with Crippen LogP contribution in [0.3, 0.4) is 0 Å². The Morgan fingerprint density at radius 3 is 3.23 bits per heavy atom. The Hall–Kier alpha value is -0.780. The first-order valence-corrected chi connectivity index (χ1v) is 5.50. The summed E-state index contributed by atoms with van der Waals surface area (Å²) in [4.78, 5) is 0. The zero-order chi connectivity index (χ0) is 8.67. The van der Waals surface area contributed by atoms with Crippen LogP contribution in [0.1, 0.15) is 25.7 Å². The van der Waals surface area contributed by atoms with E-state index in [1.165, 1.54) is 25.7 Å². The predicted octanol–water partition coefficient (Wildman–Crippen LogP) is 3.48. The van der Waals surface area contributed by atoms with Gasteiger partial charge in [-0.25, -0.2) is 0 Å². The molecule has 0 aromatic heterocycles. The predicted molar refractivity (Wildman–Crippen MR) is 55.3 cm³/mol. The Bertz CT molecular complexity index is 293. The zero-order valence-corrected chi connectivity index (χ0v) is 7.95. The summed E-state index contributed by atoms with van der Waals surface area (Å²) in [7, 11) is 0. The average Bonchev–Trinajstić information content (AvgIpc) is 2.19. The molecular formula is C13H16. The molecule has 68 valence electrons. The Balaban J connectivity index is 2.01. The lowest BCUT2D eigenvalue weighted by atomic mass is 9.64. The quantitative estimate of drug-likeness (QED) is 0.525. The lowest BCUT2D eigenvalue weighted by molar-refractivity contribution is 0.215. The number of allylic oxidation sites excluding steroid dienone is 6. The highest BCUT2D eigenvalue weighted by molar-refractivity contribution is 5.35. The van der Waals surface area contributed by atoms with E-state index in [9.17, 15) is 0 Å². The third kappa shape index (κ3) is 1.12. The fourth-order valence-corrected chi connectivity index (χ4v) is 3.29. The highest BCUT2D eigenvalue weighted by Crippen LogP contribution is 2.46. The van der Waals surface area contributed by atoms with Crippen LogP contribution in [0.4, 0.5) is 0 Å². The molecular weight excluding hydrogens is 156 g/mol. The summed E-state index contributed by atoms with van der Waals surface area (Å²) >= 11 is 0. The van der Waals surface area contributed by atoms with Gasteiger partial charge in [0.2, 0.25) is 0 Å². The van der Waals surface area contributed by atoms with Crippen molar-refractivity contribution in [2.75, 3.05) is 0 Å². The molecule has 1 fully saturated rings. The first kappa shape index (κ1) is 7.61. The molecule has 3 aliphatic carbocycles. The van der Waals surface area contributed by atoms with Gasteiger partial charge in [-0.1, -0.05) is 36.8 Å². The van der Waals surface area contributed by atoms with Crippen molar-refractivity contribution in [2.45, 2.75) is 25.7 Å². The minimum Gasteiger partial charge on any atom is -0.0840 e. The molecule has 3 aliphatic rings. The highest BCUT2D eigenvalue weighted by atomic mass is 14.4. The highest BCUT2D eigenvalue weighted by Gasteiger charge is 2.35. The van der Waals surface area contributed by atoms with Gasteiger partial charge in [0.05, 0.1) is 0 Å². The zero-order valence-electron chi connectivity index (χ0n) is 7.95. The van der Waals surface area contributed by atoms with Crippen molar-refractivity contribution >= 4 is 0 Å². The second-order valence-electron chi connectivity index (χ2n) is 4.57. The molecule has 1 saturated carbocycles. The third-order valence-electron chi connectivity index (χ3n) is 3.86. The molecule has 0 spiro atoms. The van der Waals surface area contributed by atoms with Crippen LogP contribution in [0.15, 0.2) is 36.0 Å². The number of hydrogen-bond donors (Lipinski definition) is 0. The Morgan fingerprint density at radius 2 is 2.23 bits per heavy atom. The fourth-order valence-electron chi connectivity index (χ4n) is 3.29. The molecule has 0 saturated heterocycles. The van der Waals surface area contributed by atoms with Crippen molar-refractivity contribution in [2.24, 2.45) is 17.8 Å². The molecule has 3 rings (SSSR count). The molecule has 13 heavy (non-hydrogen) atoms. The molecule has 3 unspecified atom stereocenters. The normalized spacial score (nSPS) is 41.2. The fraction of sp³-hybridized carbons (Fsp3) is 0.538. The molecule has 0 heterocycles. The summed E-state index contributed by atoms with van der Waals surface area (Å²) in [5.41, 5.74) is 1.60. The van der Waals surface area contributed by atoms with E-state index in [2.05, 4.69) is 30.4 Å². The molecule has 0 bridgehead atoms. The van der Waals surface area contributed by atoms with Gasteiger partial charge in [-0.2, -0.15) is 0 Å². The van der Waals surface area contributed by atoms with Crippen LogP contribution in [-0.2, 0) is 0 Å². The van der Waals surface area contributed by atoms with Crippen LogP contribution in [-0.4, -0.2) is 0 Å². The monoisotopic (exact) mass is 172 g/mol. The molecule has 0 radical (unpaired) electrons. The summed E-state index contributed by atoms with van der Waals surface area (Å²) in [6, 6.07) is 0. The maximum atomic E-state index is 2.43. The minimum absolute atomic E-state index is 0.865. The molecule has 0 aliphatic heterocycles. The van der Waals surface area contributed by atoms with Gasteiger partial charge < -0.3 is 0 Å². The Kier molecular flexibility index (Phi) is 1.68. The van der Waals surface area contributed by atoms with Gasteiger partial charge in [-0.15, -0.1) is 0 Å². The molecule has 0 amide bonds. The van der Waals surface area contributed by atoms with Gasteiger partial charge in [0.15, 0.2) is 0 Å². The van der Waals surface area contributed by atoms with E-state index in [1.54, 1.807) is 5.57 Å². The van der Waals surface area contributed by atoms with Crippen molar-refractivity contribution in [3.8, 4) is 0 Å². The molecule has 3 atom stereocenters. The van der Waals surface area contributed by atoms with Crippen molar-refractivity contribution in [1.29, 1.82) is 0 Å². The lowest BCUT2D eigenvalue weighted by Crippen LogP contribution is -2.31. The van der Waals surface area contributed by atoms with E-state index >= 15 is 0 Å². The summed E-state index contributed by atoms with van der Waals surface area (Å²) < 4.78 is 0. The second kappa shape index (κ2) is 2.87. The maximum absolute atomic E-state index is 2.43. The second-order valence-corrected chi connectivity index (χ2v) is 4.57. The minimum atomic E-state index is 0.865. The molecule has 0 aromatic carbocycles. The maximum Gasteiger partial charge on any atom is -0.00677 e. The number of hydrogen-bond acceptors (Lipinski definition) is 0. The van der Waals surface area contributed by atoms with E-state index in [-0.39, 0.29) is 0 Å². The standard InChI is InChI=1S/C13H16/c1-4-10-6-2-8-12-9-3-7-11(5-1)13(10)12/h1-2,4-6,11-13H,3,7-9H2. The van der Waals surface area contributed by atoms with Crippen LogP contribution < -0.4 is 0 Å². The summed E-state index contributed by atoms with van der Waals surface area (Å²) in [6.45, 7) is 0. The summed E-state index contributed by atoms with van der Waals surface area (Å²) in [5, 5.41) is 0. The van der Waals surface area contributed by atoms with Gasteiger partial charge in [-0.05, 0) is 42.6 Å². The summed E-state index contributed by atoms with van der Waals surface area (Å²) in [6.07, 6.45) is 17.4. The Labute approximate surface area is 80.0 Å². The van der Waals surface area contributed by atoms with E-state index in [1.807, 2.05) is 0 Å². The SMILES string of the molecule is C1=CC2CCCC3CC=CC(=C1)C23. The van der Waals surface area contributed by atoms with Crippen molar-refractivity contribution < 1.29 is 0 Å². The van der Waals surface area contributed by atoms with Crippen LogP contribution in [0, 0.1) is 17.8 Å². The molecule has 0 aromatic rings. The van der Waals surface area contributed by atoms with E-state index in [0.29, 0.717) is 0 Å². The molecule has 0 nitrogen and oxygen atoms in total. The van der Waals surface area contributed by atoms with Crippen molar-refractivity contribution in [1.82, 2.24) is 0 Å². The average molecular weight is 172 g/mol. The van der Waals surface area contributed by atoms with Gasteiger partial charge in [0, 0.05) is 0 Å². The first-order valence-electron chi connectivity index (χ1n) is 5.50. The topological polar surface area (TPSA) is 0 Å². The van der Waals surface area contributed by atoms with Crippen molar-refractivity contribution in [3.63, 3.8) is 0 Å². The van der Waals surface area contributed by atoms with Gasteiger partial charge in [-0.3, -0.25) is 0 Å². The first-order chi connectivity index (χ1) is 6.45. The molecule has 0 N–H and O–H groups in total. The third-order valence-corrected chi connectivity index (χ3v) is 3.86. The van der Waals surface area contributed by atoms with Crippen LogP contribution in [0.25, 0.3) is 0 Å². The Morgan fingerprint density at radius 1 is 1.23 bits per heavy atom. The van der Waals surface area contributed by atoms with Gasteiger partial charge in [0.25, 0.3) is 0 Å². The number of rotatable bonds is 0. The van der Waals surface area contributed by atoms with Gasteiger partial charge in [0.1, 0.15) is 0 Å². The van der Waals surface area contributed by atoms with E-state index in [0.717, 1.165) is 17.8 Å². The lowest BCUT2D eigenvalue weighted by Gasteiger charge is -2.41. The van der Waals surface area contributed by atoms with Crippen molar-refractivity contribution in [3.05, 3.63) is 36.0 Å². The molecule has 0 heteroatoms. The largest absolute Gasteiger partial charge is 0.0840 e. The van der Waals surface area contributed by atoms with Gasteiger partial charge >= 0.3 is 0 Å². The van der Waals surface area contributed by atoms with Crippen LogP contribution >= 0.6 is 0 Å². The van der Waals surface area contributed by atoms with E-state index < -0.39 is 0 Å². The van der Waals surface area contributed by atoms with E-state index in [4.69, 9.17) is 0 Å². The smallest absolute Gasteiger partial charge is 0.00677 e.